The van der Waals surface area contributed by atoms with Gasteiger partial charge in [0.05, 0.1) is 6.17 Å². The minimum absolute atomic E-state index is 0.529. The standard InChI is InChI=1S/C6H18N2Si/c1-4-5(9)6(7-2)8-3/h5-8H,4H2,1-3,9H3. The van der Waals surface area contributed by atoms with Crippen LogP contribution in [0.1, 0.15) is 13.3 Å². The molecule has 0 aromatic rings. The first-order valence-corrected chi connectivity index (χ1v) is 4.76. The molecule has 2 nitrogen and oxygen atoms in total. The summed E-state index contributed by atoms with van der Waals surface area (Å²) >= 11 is 0. The van der Waals surface area contributed by atoms with Crippen LogP contribution in [0.5, 0.6) is 0 Å². The summed E-state index contributed by atoms with van der Waals surface area (Å²) in [6.45, 7) is 2.24. The molecule has 0 saturated carbocycles. The van der Waals surface area contributed by atoms with Crippen LogP contribution in [0, 0.1) is 0 Å². The summed E-state index contributed by atoms with van der Waals surface area (Å²) < 4.78 is 0. The van der Waals surface area contributed by atoms with Crippen molar-refractivity contribution in [2.24, 2.45) is 0 Å². The molecule has 9 heavy (non-hydrogen) atoms. The van der Waals surface area contributed by atoms with Gasteiger partial charge in [-0.05, 0) is 19.6 Å². The molecule has 3 heteroatoms. The van der Waals surface area contributed by atoms with Crippen LogP contribution in [0.15, 0.2) is 0 Å². The van der Waals surface area contributed by atoms with Crippen LogP contribution in [0.25, 0.3) is 0 Å². The van der Waals surface area contributed by atoms with Crippen LogP contribution < -0.4 is 10.6 Å². The van der Waals surface area contributed by atoms with Crippen LogP contribution in [0.4, 0.5) is 0 Å². The first-order valence-electron chi connectivity index (χ1n) is 3.60. The van der Waals surface area contributed by atoms with Crippen molar-refractivity contribution in [2.45, 2.75) is 25.1 Å². The molecule has 0 aliphatic heterocycles. The molecule has 0 aliphatic rings. The zero-order valence-corrected chi connectivity index (χ0v) is 8.86. The van der Waals surface area contributed by atoms with Crippen LogP contribution in [-0.4, -0.2) is 30.5 Å². The second kappa shape index (κ2) is 4.96. The summed E-state index contributed by atoms with van der Waals surface area (Å²) in [7, 11) is 5.27. The fraction of sp³-hybridized carbons (Fsp3) is 1.00. The van der Waals surface area contributed by atoms with Gasteiger partial charge in [0.15, 0.2) is 0 Å². The molecule has 56 valence electrons. The van der Waals surface area contributed by atoms with Gasteiger partial charge in [0.2, 0.25) is 0 Å². The van der Waals surface area contributed by atoms with E-state index in [2.05, 4.69) is 17.6 Å². The number of rotatable bonds is 4. The molecule has 1 atom stereocenters. The van der Waals surface area contributed by atoms with Gasteiger partial charge in [-0.1, -0.05) is 13.3 Å². The molecule has 0 radical (unpaired) electrons. The number of nitrogens with one attached hydrogen (secondary N) is 2. The fourth-order valence-electron chi connectivity index (χ4n) is 0.949. The smallest absolute Gasteiger partial charge is 0.0562 e. The van der Waals surface area contributed by atoms with Crippen molar-refractivity contribution >= 4 is 10.2 Å². The van der Waals surface area contributed by atoms with Crippen molar-refractivity contribution < 1.29 is 0 Å². The maximum atomic E-state index is 3.23. The molecule has 0 aliphatic carbocycles. The molecule has 0 rings (SSSR count). The highest BCUT2D eigenvalue weighted by Crippen LogP contribution is 2.06. The topological polar surface area (TPSA) is 24.1 Å². The Morgan fingerprint density at radius 2 is 1.78 bits per heavy atom. The lowest BCUT2D eigenvalue weighted by molar-refractivity contribution is 0.458. The van der Waals surface area contributed by atoms with E-state index in [4.69, 9.17) is 0 Å². The highest BCUT2D eigenvalue weighted by Gasteiger charge is 2.08. The van der Waals surface area contributed by atoms with Crippen molar-refractivity contribution in [1.29, 1.82) is 0 Å². The third-order valence-corrected chi connectivity index (χ3v) is 3.32. The van der Waals surface area contributed by atoms with Gasteiger partial charge in [0.25, 0.3) is 0 Å². The first-order chi connectivity index (χ1) is 4.26. The van der Waals surface area contributed by atoms with E-state index in [-0.39, 0.29) is 0 Å². The van der Waals surface area contributed by atoms with Crippen molar-refractivity contribution in [1.82, 2.24) is 10.6 Å². The predicted octanol–water partition coefficient (Wildman–Crippen LogP) is -0.685. The number of hydrogen-bond acceptors (Lipinski definition) is 2. The van der Waals surface area contributed by atoms with Gasteiger partial charge in [-0.15, -0.1) is 0 Å². The van der Waals surface area contributed by atoms with Crippen molar-refractivity contribution in [3.63, 3.8) is 0 Å². The van der Waals surface area contributed by atoms with Crippen molar-refractivity contribution in [3.05, 3.63) is 0 Å². The summed E-state index contributed by atoms with van der Waals surface area (Å²) in [5.74, 6) is 0. The average molecular weight is 146 g/mol. The molecule has 0 amide bonds. The molecule has 0 spiro atoms. The SMILES string of the molecule is CCC([SiH3])C(NC)NC. The van der Waals surface area contributed by atoms with E-state index in [9.17, 15) is 0 Å². The lowest BCUT2D eigenvalue weighted by Crippen LogP contribution is -2.41. The fourth-order valence-corrected chi connectivity index (χ4v) is 1.62. The van der Waals surface area contributed by atoms with Gasteiger partial charge in [0.1, 0.15) is 0 Å². The second-order valence-corrected chi connectivity index (χ2v) is 3.92. The molecule has 0 aromatic carbocycles. The third-order valence-electron chi connectivity index (χ3n) is 1.83. The second-order valence-electron chi connectivity index (χ2n) is 2.44. The Bertz CT molecular complexity index is 64.1. The van der Waals surface area contributed by atoms with Crippen molar-refractivity contribution in [2.75, 3.05) is 14.1 Å². The summed E-state index contributed by atoms with van der Waals surface area (Å²) in [6, 6.07) is 0. The Labute approximate surface area is 60.8 Å². The molecule has 0 aromatic heterocycles. The van der Waals surface area contributed by atoms with Crippen LogP contribution in [0.2, 0.25) is 5.54 Å². The summed E-state index contributed by atoms with van der Waals surface area (Å²) in [6.07, 6.45) is 1.81. The summed E-state index contributed by atoms with van der Waals surface area (Å²) in [4.78, 5) is 0. The minimum Gasteiger partial charge on any atom is -0.305 e. The van der Waals surface area contributed by atoms with Gasteiger partial charge in [0, 0.05) is 10.2 Å². The Morgan fingerprint density at radius 3 is 1.89 bits per heavy atom. The van der Waals surface area contributed by atoms with E-state index in [0.29, 0.717) is 6.17 Å². The van der Waals surface area contributed by atoms with E-state index < -0.39 is 0 Å². The van der Waals surface area contributed by atoms with Gasteiger partial charge in [-0.25, -0.2) is 0 Å². The largest absolute Gasteiger partial charge is 0.305 e. The Kier molecular flexibility index (Phi) is 5.04. The van der Waals surface area contributed by atoms with Gasteiger partial charge in [-0.2, -0.15) is 0 Å². The maximum absolute atomic E-state index is 3.23. The molecule has 0 saturated heterocycles. The van der Waals surface area contributed by atoms with Crippen LogP contribution in [0.3, 0.4) is 0 Å². The van der Waals surface area contributed by atoms with E-state index in [1.54, 1.807) is 0 Å². The average Bonchev–Trinajstić information content (AvgIpc) is 1.90. The molecule has 2 N–H and O–H groups in total. The normalized spacial score (nSPS) is 14.7. The Morgan fingerprint density at radius 1 is 1.33 bits per heavy atom. The number of hydrogen-bond donors (Lipinski definition) is 2. The zero-order chi connectivity index (χ0) is 7.28. The molecule has 1 unspecified atom stereocenters. The Hall–Kier alpha value is 0.137. The van der Waals surface area contributed by atoms with E-state index >= 15 is 0 Å². The van der Waals surface area contributed by atoms with Gasteiger partial charge < -0.3 is 10.6 Å². The zero-order valence-electron chi connectivity index (χ0n) is 6.86. The monoisotopic (exact) mass is 146 g/mol. The lowest BCUT2D eigenvalue weighted by atomic mass is 10.2. The van der Waals surface area contributed by atoms with E-state index in [1.165, 1.54) is 16.7 Å². The molecular weight excluding hydrogens is 128 g/mol. The quantitative estimate of drug-likeness (QED) is 0.405. The molecule has 0 fully saturated rings. The lowest BCUT2D eigenvalue weighted by Gasteiger charge is -2.21. The maximum Gasteiger partial charge on any atom is 0.0562 e. The highest BCUT2D eigenvalue weighted by molar-refractivity contribution is 6.12. The highest BCUT2D eigenvalue weighted by atomic mass is 28.1. The summed E-state index contributed by atoms with van der Waals surface area (Å²) in [5, 5.41) is 6.45. The Balaban J connectivity index is 3.50. The molecule has 0 heterocycles. The van der Waals surface area contributed by atoms with E-state index in [1.807, 2.05) is 14.1 Å². The minimum atomic E-state index is 0.529. The first kappa shape index (κ1) is 9.14. The molecular formula is C6H18N2Si. The van der Waals surface area contributed by atoms with E-state index in [0.717, 1.165) is 5.54 Å². The third kappa shape index (κ3) is 2.98. The molecule has 0 bridgehead atoms. The predicted molar refractivity (Wildman–Crippen MR) is 45.9 cm³/mol. The van der Waals surface area contributed by atoms with Gasteiger partial charge >= 0.3 is 0 Å². The summed E-state index contributed by atoms with van der Waals surface area (Å²) in [5.41, 5.74) is 0.847. The van der Waals surface area contributed by atoms with Crippen LogP contribution >= 0.6 is 0 Å². The van der Waals surface area contributed by atoms with Crippen molar-refractivity contribution in [3.8, 4) is 0 Å². The van der Waals surface area contributed by atoms with Gasteiger partial charge in [-0.3, -0.25) is 0 Å². The van der Waals surface area contributed by atoms with Crippen LogP contribution in [-0.2, 0) is 0 Å².